The summed E-state index contributed by atoms with van der Waals surface area (Å²) < 4.78 is 33.3. The topological polar surface area (TPSA) is 158 Å². The van der Waals surface area contributed by atoms with Crippen LogP contribution in [0.3, 0.4) is 0 Å². The van der Waals surface area contributed by atoms with Crippen molar-refractivity contribution in [2.75, 3.05) is 0 Å². The summed E-state index contributed by atoms with van der Waals surface area (Å²) >= 11 is 0. The second-order valence-electron chi connectivity index (χ2n) is 0.516. The van der Waals surface area contributed by atoms with Gasteiger partial charge in [-0.1, -0.05) is 10.2 Å². The Hall–Kier alpha value is -0.770. The Bertz CT molecular complexity index is 119. The minimum atomic E-state index is -4.67. The van der Waals surface area contributed by atoms with Gasteiger partial charge in [-0.05, 0) is 0 Å². The van der Waals surface area contributed by atoms with Crippen molar-refractivity contribution >= 4 is 10.4 Å². The van der Waals surface area contributed by atoms with Gasteiger partial charge in [0.05, 0.1) is 0 Å². The van der Waals surface area contributed by atoms with E-state index in [0.29, 0.717) is 0 Å². The second kappa shape index (κ2) is 7.23. The standard InChI is InChI=1S/H2O4S.O3.H2O/c1-5(2,3)4;1-3-2;/h(H2,1,2,3,4);;1H2. The molecule has 58 valence electrons. The highest BCUT2D eigenvalue weighted by molar-refractivity contribution is 7.79. The van der Waals surface area contributed by atoms with Crippen LogP contribution in [-0.2, 0) is 10.4 Å². The molecule has 0 atom stereocenters. The molecule has 4 N–H and O–H groups in total. The van der Waals surface area contributed by atoms with E-state index in [1.165, 1.54) is 0 Å². The van der Waals surface area contributed by atoms with Gasteiger partial charge in [-0.15, -0.1) is 0 Å². The molecule has 0 aliphatic heterocycles. The van der Waals surface area contributed by atoms with Crippen LogP contribution in [0.4, 0.5) is 0 Å². The van der Waals surface area contributed by atoms with Crippen LogP contribution >= 0.6 is 0 Å². The fourth-order valence-corrected chi connectivity index (χ4v) is 0. The summed E-state index contributed by atoms with van der Waals surface area (Å²) in [6.07, 6.45) is 0. The van der Waals surface area contributed by atoms with E-state index in [1.807, 2.05) is 0 Å². The smallest absolute Gasteiger partial charge is 0.394 e. The highest BCUT2D eigenvalue weighted by atomic mass is 32.3. The molecule has 0 spiro atoms. The van der Waals surface area contributed by atoms with Crippen LogP contribution in [0, 0.1) is 9.71 Å². The third-order valence-corrected chi connectivity index (χ3v) is 0. The molecule has 0 rings (SSSR count). The summed E-state index contributed by atoms with van der Waals surface area (Å²) in [6.45, 7) is 0. The highest BCUT2D eigenvalue weighted by Gasteiger charge is 1.84. The van der Waals surface area contributed by atoms with Crippen molar-refractivity contribution in [3.63, 3.8) is 0 Å². The van der Waals surface area contributed by atoms with Gasteiger partial charge in [0.15, 0.2) is 4.75 Å². The molecule has 0 aromatic heterocycles. The lowest BCUT2D eigenvalue weighted by Crippen LogP contribution is -1.89. The Kier molecular flexibility index (Phi) is 12.6. The Balaban J connectivity index is -0.0000000800. The van der Waals surface area contributed by atoms with Crippen molar-refractivity contribution in [3.8, 4) is 0 Å². The lowest BCUT2D eigenvalue weighted by Gasteiger charge is -1.68. The van der Waals surface area contributed by atoms with Crippen LogP contribution in [0.25, 0.3) is 0 Å². The first-order valence-corrected chi connectivity index (χ1v) is 2.43. The summed E-state index contributed by atoms with van der Waals surface area (Å²) in [5.74, 6) is 0. The molecule has 0 saturated carbocycles. The van der Waals surface area contributed by atoms with Crippen LogP contribution in [-0.4, -0.2) is 23.0 Å². The zero-order valence-electron chi connectivity index (χ0n) is 3.84. The highest BCUT2D eigenvalue weighted by Crippen LogP contribution is 1.59. The maximum absolute atomic E-state index is 8.74. The lowest BCUT2D eigenvalue weighted by atomic mass is 14.8. The second-order valence-corrected chi connectivity index (χ2v) is 1.41. The first-order chi connectivity index (χ1) is 3.41. The molecule has 9 heteroatoms. The Labute approximate surface area is 49.5 Å². The van der Waals surface area contributed by atoms with Crippen molar-refractivity contribution in [3.05, 3.63) is 9.71 Å². The van der Waals surface area contributed by atoms with Crippen molar-refractivity contribution in [1.82, 2.24) is 0 Å². The van der Waals surface area contributed by atoms with E-state index in [0.717, 1.165) is 0 Å². The molecule has 0 heterocycles. The Morgan fingerprint density at radius 1 is 1.33 bits per heavy atom. The third-order valence-electron chi connectivity index (χ3n) is 0. The van der Waals surface area contributed by atoms with Crippen LogP contribution in [0.15, 0.2) is 0 Å². The normalized spacial score (nSPS) is 7.78. The molecular formula is H4O8S. The van der Waals surface area contributed by atoms with Gasteiger partial charge in [-0.25, -0.2) is 0 Å². The summed E-state index contributed by atoms with van der Waals surface area (Å²) in [5, 5.41) is 7.88. The molecular weight excluding hydrogens is 160 g/mol. The van der Waals surface area contributed by atoms with E-state index >= 15 is 0 Å². The molecule has 0 bridgehead atoms. The van der Waals surface area contributed by atoms with E-state index in [1.54, 1.807) is 4.75 Å². The summed E-state index contributed by atoms with van der Waals surface area (Å²) in [5.41, 5.74) is 0. The van der Waals surface area contributed by atoms with Crippen LogP contribution in [0.5, 0.6) is 0 Å². The maximum Gasteiger partial charge on any atom is 0.394 e. The molecule has 0 amide bonds. The number of hydrogen-bond acceptors (Lipinski definition) is 4. The first-order valence-electron chi connectivity index (χ1n) is 1.03. The minimum absolute atomic E-state index is 0. The monoisotopic (exact) mass is 164 g/mol. The van der Waals surface area contributed by atoms with E-state index < -0.39 is 10.4 Å². The fourth-order valence-electron chi connectivity index (χ4n) is 0. The Morgan fingerprint density at radius 2 is 1.33 bits per heavy atom. The van der Waals surface area contributed by atoms with Crippen molar-refractivity contribution in [2.24, 2.45) is 0 Å². The molecule has 0 unspecified atom stereocenters. The molecule has 0 aromatic carbocycles. The molecule has 0 aromatic rings. The predicted molar refractivity (Wildman–Crippen MR) is 24.5 cm³/mol. The van der Waals surface area contributed by atoms with Gasteiger partial charge in [-0.3, -0.25) is 9.11 Å². The quantitative estimate of drug-likeness (QED) is 0.173. The van der Waals surface area contributed by atoms with Crippen molar-refractivity contribution in [2.45, 2.75) is 0 Å². The summed E-state index contributed by atoms with van der Waals surface area (Å²) in [4.78, 5) is 7.88. The van der Waals surface area contributed by atoms with Crippen molar-refractivity contribution < 1.29 is 28.3 Å². The lowest BCUT2D eigenvalue weighted by molar-refractivity contribution is -0.284. The minimum Gasteiger partial charge on any atom is -0.412 e. The van der Waals surface area contributed by atoms with Crippen LogP contribution in [0.2, 0.25) is 0 Å². The van der Waals surface area contributed by atoms with Crippen LogP contribution < -0.4 is 5.26 Å². The van der Waals surface area contributed by atoms with Gasteiger partial charge in [0.2, 0.25) is 0 Å². The summed E-state index contributed by atoms with van der Waals surface area (Å²) in [6, 6.07) is 0. The zero-order chi connectivity index (χ0) is 7.21. The van der Waals surface area contributed by atoms with Gasteiger partial charge in [0.25, 0.3) is 0 Å². The SMILES string of the molecule is O.O=S(=O)(O)O.O=[O+][O-]. The number of hydrogen-bond donors (Lipinski definition) is 2. The molecule has 0 radical (unpaired) electrons. The van der Waals surface area contributed by atoms with Gasteiger partial charge < -0.3 is 5.48 Å². The third kappa shape index (κ3) is 334. The Morgan fingerprint density at radius 3 is 1.33 bits per heavy atom. The molecule has 0 saturated heterocycles. The molecule has 0 fully saturated rings. The molecule has 8 nitrogen and oxygen atoms in total. The maximum atomic E-state index is 8.74. The van der Waals surface area contributed by atoms with E-state index in [9.17, 15) is 0 Å². The first kappa shape index (κ1) is 15.7. The average Bonchev–Trinajstić information content (AvgIpc) is 1.27. The van der Waals surface area contributed by atoms with E-state index in [2.05, 4.69) is 0 Å². The van der Waals surface area contributed by atoms with E-state index in [4.69, 9.17) is 27.7 Å². The predicted octanol–water partition coefficient (Wildman–Crippen LogP) is -2.60. The largest absolute Gasteiger partial charge is 0.412 e. The summed E-state index contributed by atoms with van der Waals surface area (Å²) in [7, 11) is -4.67. The molecule has 9 heavy (non-hydrogen) atoms. The average molecular weight is 164 g/mol. The fraction of sp³-hybridized carbons (Fsp3) is 0. The molecule has 0 aliphatic carbocycles. The van der Waals surface area contributed by atoms with E-state index in [-0.39, 0.29) is 5.48 Å². The van der Waals surface area contributed by atoms with Gasteiger partial charge >= 0.3 is 10.4 Å². The van der Waals surface area contributed by atoms with Gasteiger partial charge in [-0.2, -0.15) is 8.42 Å². The van der Waals surface area contributed by atoms with Crippen LogP contribution in [0.1, 0.15) is 0 Å². The van der Waals surface area contributed by atoms with Gasteiger partial charge in [0, 0.05) is 0 Å². The molecule has 0 aliphatic rings. The zero-order valence-corrected chi connectivity index (χ0v) is 4.66. The van der Waals surface area contributed by atoms with Gasteiger partial charge in [0.1, 0.15) is 0 Å². The van der Waals surface area contributed by atoms with Crippen molar-refractivity contribution in [1.29, 1.82) is 0 Å². The number of rotatable bonds is 0.